The van der Waals surface area contributed by atoms with Gasteiger partial charge in [-0.2, -0.15) is 0 Å². The SMILES string of the molecule is CC1=C(C[O][Ti])CC=C1. The molecule has 0 amide bonds. The molecule has 0 spiro atoms. The topological polar surface area (TPSA) is 9.23 Å². The molecule has 1 aliphatic rings. The zero-order chi connectivity index (χ0) is 6.69. The Kier molecular flexibility index (Phi) is 2.71. The molecular weight excluding hydrogens is 148 g/mol. The van der Waals surface area contributed by atoms with Gasteiger partial charge in [-0.15, -0.1) is 0 Å². The molecule has 0 aromatic rings. The molecule has 0 atom stereocenters. The van der Waals surface area contributed by atoms with Gasteiger partial charge in [0.2, 0.25) is 0 Å². The van der Waals surface area contributed by atoms with E-state index in [1.165, 1.54) is 11.1 Å². The van der Waals surface area contributed by atoms with Gasteiger partial charge in [-0.3, -0.25) is 0 Å². The molecule has 2 heteroatoms. The summed E-state index contributed by atoms with van der Waals surface area (Å²) in [5.41, 5.74) is 2.79. The van der Waals surface area contributed by atoms with Crippen LogP contribution < -0.4 is 0 Å². The first-order valence-electron chi connectivity index (χ1n) is 2.98. The van der Waals surface area contributed by atoms with E-state index in [9.17, 15) is 0 Å². The fraction of sp³-hybridized carbons (Fsp3) is 0.429. The van der Waals surface area contributed by atoms with E-state index in [1.807, 2.05) is 0 Å². The zero-order valence-corrected chi connectivity index (χ0v) is 7.04. The molecule has 0 fully saturated rings. The average Bonchev–Trinajstić information content (AvgIpc) is 2.18. The van der Waals surface area contributed by atoms with E-state index in [2.05, 4.69) is 19.1 Å². The summed E-state index contributed by atoms with van der Waals surface area (Å²) in [7, 11) is 0. The predicted molar refractivity (Wildman–Crippen MR) is 32.4 cm³/mol. The van der Waals surface area contributed by atoms with Crippen molar-refractivity contribution in [2.45, 2.75) is 13.3 Å². The van der Waals surface area contributed by atoms with Gasteiger partial charge in [0.05, 0.1) is 0 Å². The van der Waals surface area contributed by atoms with Gasteiger partial charge < -0.3 is 0 Å². The minimum absolute atomic E-state index is 0.791. The van der Waals surface area contributed by atoms with Crippen LogP contribution in [-0.2, 0) is 24.1 Å². The summed E-state index contributed by atoms with van der Waals surface area (Å²) >= 11 is 1.73. The van der Waals surface area contributed by atoms with E-state index >= 15 is 0 Å². The Morgan fingerprint density at radius 2 is 2.56 bits per heavy atom. The molecule has 0 aromatic carbocycles. The van der Waals surface area contributed by atoms with Gasteiger partial charge in [-0.25, -0.2) is 0 Å². The Labute approximate surface area is 67.7 Å². The summed E-state index contributed by atoms with van der Waals surface area (Å²) in [6.07, 6.45) is 5.40. The van der Waals surface area contributed by atoms with Gasteiger partial charge in [-0.1, -0.05) is 0 Å². The van der Waals surface area contributed by atoms with Gasteiger partial charge in [0.15, 0.2) is 0 Å². The molecule has 0 N–H and O–H groups in total. The van der Waals surface area contributed by atoms with Crippen LogP contribution in [0.4, 0.5) is 0 Å². The Morgan fingerprint density at radius 1 is 1.78 bits per heavy atom. The molecule has 1 rings (SSSR count). The van der Waals surface area contributed by atoms with E-state index in [0.29, 0.717) is 0 Å². The monoisotopic (exact) mass is 157 g/mol. The molecule has 0 saturated heterocycles. The van der Waals surface area contributed by atoms with Crippen molar-refractivity contribution in [2.24, 2.45) is 0 Å². The molecule has 0 radical (unpaired) electrons. The van der Waals surface area contributed by atoms with Crippen LogP contribution in [0.1, 0.15) is 13.3 Å². The van der Waals surface area contributed by atoms with Crippen molar-refractivity contribution < 1.29 is 24.1 Å². The maximum atomic E-state index is 5.00. The van der Waals surface area contributed by atoms with Crippen LogP contribution in [0.2, 0.25) is 0 Å². The maximum absolute atomic E-state index is 5.00. The van der Waals surface area contributed by atoms with E-state index < -0.39 is 0 Å². The van der Waals surface area contributed by atoms with Gasteiger partial charge in [0.25, 0.3) is 0 Å². The van der Waals surface area contributed by atoms with Crippen LogP contribution in [-0.4, -0.2) is 6.61 Å². The van der Waals surface area contributed by atoms with Crippen molar-refractivity contribution in [2.75, 3.05) is 6.61 Å². The van der Waals surface area contributed by atoms with Crippen molar-refractivity contribution in [3.8, 4) is 0 Å². The molecule has 0 aromatic heterocycles. The first-order valence-corrected chi connectivity index (χ1v) is 3.62. The van der Waals surface area contributed by atoms with Crippen LogP contribution in [0.5, 0.6) is 0 Å². The standard InChI is InChI=1S/C7H9O.Ti/c1-6-3-2-4-7(6)5-8;/h2-3H,4-5H2,1H3;/q-1;+1. The second kappa shape index (κ2) is 3.35. The Morgan fingerprint density at radius 3 is 3.00 bits per heavy atom. The van der Waals surface area contributed by atoms with Crippen LogP contribution in [0, 0.1) is 0 Å². The second-order valence-corrected chi connectivity index (χ2v) is 2.63. The number of hydrogen-bond donors (Lipinski definition) is 0. The number of allylic oxidation sites excluding steroid dienone is 3. The molecule has 0 bridgehead atoms. The Bertz CT molecular complexity index is 158. The molecular formula is C7H9OTi. The molecule has 9 heavy (non-hydrogen) atoms. The Balaban J connectivity index is 2.51. The van der Waals surface area contributed by atoms with Crippen molar-refractivity contribution in [3.05, 3.63) is 23.3 Å². The molecule has 0 saturated carbocycles. The predicted octanol–water partition coefficient (Wildman–Crippen LogP) is 1.74. The van der Waals surface area contributed by atoms with Crippen LogP contribution in [0.3, 0.4) is 0 Å². The van der Waals surface area contributed by atoms with E-state index in [4.69, 9.17) is 3.32 Å². The summed E-state index contributed by atoms with van der Waals surface area (Å²) in [5.74, 6) is 0. The Hall–Kier alpha value is 0.154. The third-order valence-electron chi connectivity index (χ3n) is 1.54. The van der Waals surface area contributed by atoms with Crippen molar-refractivity contribution in [1.82, 2.24) is 0 Å². The van der Waals surface area contributed by atoms with Crippen molar-refractivity contribution in [3.63, 3.8) is 0 Å². The first-order chi connectivity index (χ1) is 4.34. The van der Waals surface area contributed by atoms with E-state index in [0.717, 1.165) is 13.0 Å². The fourth-order valence-corrected chi connectivity index (χ4v) is 1.19. The number of rotatable bonds is 2. The summed E-state index contributed by atoms with van der Waals surface area (Å²) in [5, 5.41) is 0. The minimum atomic E-state index is 0.791. The molecule has 1 aliphatic carbocycles. The number of hydrogen-bond acceptors (Lipinski definition) is 1. The molecule has 0 unspecified atom stereocenters. The molecule has 47 valence electrons. The van der Waals surface area contributed by atoms with Gasteiger partial charge in [0, 0.05) is 0 Å². The summed E-state index contributed by atoms with van der Waals surface area (Å²) in [4.78, 5) is 0. The summed E-state index contributed by atoms with van der Waals surface area (Å²) < 4.78 is 5.00. The van der Waals surface area contributed by atoms with E-state index in [-0.39, 0.29) is 0 Å². The fourth-order valence-electron chi connectivity index (χ4n) is 0.917. The third-order valence-corrected chi connectivity index (χ3v) is 1.76. The van der Waals surface area contributed by atoms with E-state index in [1.54, 1.807) is 20.8 Å². The normalized spacial score (nSPS) is 17.3. The van der Waals surface area contributed by atoms with Crippen molar-refractivity contribution >= 4 is 0 Å². The average molecular weight is 157 g/mol. The summed E-state index contributed by atoms with van der Waals surface area (Å²) in [6.45, 7) is 2.91. The van der Waals surface area contributed by atoms with Gasteiger partial charge >= 0.3 is 67.4 Å². The van der Waals surface area contributed by atoms with Crippen LogP contribution >= 0.6 is 0 Å². The summed E-state index contributed by atoms with van der Waals surface area (Å²) in [6, 6.07) is 0. The molecule has 0 aliphatic heterocycles. The molecule has 0 heterocycles. The third kappa shape index (κ3) is 1.78. The van der Waals surface area contributed by atoms with Gasteiger partial charge in [-0.05, 0) is 0 Å². The second-order valence-electron chi connectivity index (χ2n) is 2.18. The van der Waals surface area contributed by atoms with Crippen LogP contribution in [0.15, 0.2) is 23.3 Å². The quantitative estimate of drug-likeness (QED) is 0.554. The van der Waals surface area contributed by atoms with Gasteiger partial charge in [0.1, 0.15) is 0 Å². The first kappa shape index (κ1) is 7.26. The van der Waals surface area contributed by atoms with Crippen molar-refractivity contribution in [1.29, 1.82) is 0 Å². The molecule has 1 nitrogen and oxygen atoms in total. The van der Waals surface area contributed by atoms with Crippen LogP contribution in [0.25, 0.3) is 0 Å². The zero-order valence-electron chi connectivity index (χ0n) is 5.48.